The summed E-state index contributed by atoms with van der Waals surface area (Å²) in [5.41, 5.74) is 0.604. The molecule has 0 aliphatic rings. The van der Waals surface area contributed by atoms with Gasteiger partial charge in [-0.2, -0.15) is 0 Å². The Kier molecular flexibility index (Phi) is 10.4. The highest BCUT2D eigenvalue weighted by atomic mass is 16.5. The normalized spacial score (nSPS) is 11.5. The van der Waals surface area contributed by atoms with Crippen LogP contribution in [0.2, 0.25) is 0 Å². The number of hydrogen-bond donors (Lipinski definition) is 4. The maximum absolute atomic E-state index is 10.1. The van der Waals surface area contributed by atoms with Gasteiger partial charge in [-0.3, -0.25) is 5.84 Å². The number of methoxy groups -OCH3 is 3. The molecule has 26 heavy (non-hydrogen) atoms. The number of aliphatic carboxylic acids is 2. The maximum Gasteiger partial charge on any atom is 0.328 e. The maximum atomic E-state index is 10.1. The predicted octanol–water partition coefficient (Wildman–Crippen LogP) is 0.263. The molecule has 0 saturated heterocycles. The second kappa shape index (κ2) is 11.7. The van der Waals surface area contributed by atoms with Crippen molar-refractivity contribution in [2.75, 3.05) is 34.9 Å². The van der Waals surface area contributed by atoms with E-state index in [1.807, 2.05) is 0 Å². The zero-order chi connectivity index (χ0) is 20.3. The molecular weight excluding hydrogens is 348 g/mol. The minimum atomic E-state index is -1.26. The number of likely N-dealkylation sites (N-methyl/N-ethyl adjacent to an activating group) is 1. The number of rotatable bonds is 8. The van der Waals surface area contributed by atoms with Crippen LogP contribution in [0.25, 0.3) is 0 Å². The van der Waals surface area contributed by atoms with E-state index in [0.717, 1.165) is 0 Å². The van der Waals surface area contributed by atoms with E-state index in [9.17, 15) is 14.7 Å². The fourth-order valence-corrected chi connectivity index (χ4v) is 1.90. The van der Waals surface area contributed by atoms with E-state index in [1.165, 1.54) is 19.2 Å². The number of benzene rings is 1. The molecule has 10 heteroatoms. The molecule has 0 amide bonds. The van der Waals surface area contributed by atoms with Gasteiger partial charge < -0.3 is 29.5 Å². The Bertz CT molecular complexity index is 615. The van der Waals surface area contributed by atoms with Gasteiger partial charge >= 0.3 is 11.9 Å². The topological polar surface area (TPSA) is 152 Å². The quantitative estimate of drug-likeness (QED) is 0.284. The van der Waals surface area contributed by atoms with Crippen molar-refractivity contribution in [2.24, 2.45) is 5.84 Å². The molecule has 1 aromatic carbocycles. The van der Waals surface area contributed by atoms with Crippen LogP contribution < -0.4 is 20.1 Å². The van der Waals surface area contributed by atoms with Crippen LogP contribution in [0.4, 0.5) is 0 Å². The van der Waals surface area contributed by atoms with E-state index in [2.05, 4.69) is 0 Å². The summed E-state index contributed by atoms with van der Waals surface area (Å²) in [6, 6.07) is 3.45. The molecule has 0 aliphatic carbocycles. The summed E-state index contributed by atoms with van der Waals surface area (Å²) in [5.74, 6) is 4.46. The lowest BCUT2D eigenvalue weighted by molar-refractivity contribution is -0.134. The van der Waals surface area contributed by atoms with E-state index in [-0.39, 0.29) is 6.54 Å². The van der Waals surface area contributed by atoms with Crippen molar-refractivity contribution in [1.82, 2.24) is 5.01 Å². The van der Waals surface area contributed by atoms with E-state index in [4.69, 9.17) is 30.3 Å². The molecule has 5 N–H and O–H groups in total. The standard InChI is InChI=1S/C12H20N2O4.C4H4O4/c1-14(13)7-9(15)8-5-6-10(16-2)12(18-4)11(8)17-3;5-3(6)1-2-4(7)8/h5-6,9,15H,7,13H2,1-4H3;1-2H,(H,5,6)(H,7,8)/b;2-1+. The highest BCUT2D eigenvalue weighted by Gasteiger charge is 2.21. The van der Waals surface area contributed by atoms with Gasteiger partial charge in [-0.25, -0.2) is 14.6 Å². The summed E-state index contributed by atoms with van der Waals surface area (Å²) in [6.45, 7) is 0.284. The molecule has 0 bridgehead atoms. The fraction of sp³-hybridized carbons (Fsp3) is 0.375. The van der Waals surface area contributed by atoms with Gasteiger partial charge in [0.05, 0.1) is 27.4 Å². The Morgan fingerprint density at radius 1 is 1.08 bits per heavy atom. The van der Waals surface area contributed by atoms with Crippen molar-refractivity contribution in [3.8, 4) is 17.2 Å². The van der Waals surface area contributed by atoms with E-state index in [1.54, 1.807) is 26.3 Å². The van der Waals surface area contributed by atoms with Crippen LogP contribution in [-0.4, -0.2) is 67.2 Å². The predicted molar refractivity (Wildman–Crippen MR) is 92.3 cm³/mol. The van der Waals surface area contributed by atoms with Gasteiger partial charge in [-0.1, -0.05) is 0 Å². The minimum absolute atomic E-state index is 0.284. The monoisotopic (exact) mass is 372 g/mol. The molecule has 1 unspecified atom stereocenters. The van der Waals surface area contributed by atoms with Gasteiger partial charge in [0, 0.05) is 31.3 Å². The first-order valence-corrected chi connectivity index (χ1v) is 7.24. The van der Waals surface area contributed by atoms with Gasteiger partial charge in [0.1, 0.15) is 0 Å². The van der Waals surface area contributed by atoms with Gasteiger partial charge in [0.15, 0.2) is 11.5 Å². The second-order valence-corrected chi connectivity index (χ2v) is 4.89. The molecule has 0 spiro atoms. The fourth-order valence-electron chi connectivity index (χ4n) is 1.90. The summed E-state index contributed by atoms with van der Waals surface area (Å²) in [4.78, 5) is 19.1. The van der Waals surface area contributed by atoms with Gasteiger partial charge in [-0.15, -0.1) is 0 Å². The first kappa shape index (κ1) is 23.2. The number of aliphatic hydroxyl groups excluding tert-OH is 1. The van der Waals surface area contributed by atoms with Gasteiger partial charge in [0.25, 0.3) is 0 Å². The molecule has 1 aromatic rings. The minimum Gasteiger partial charge on any atom is -0.493 e. The van der Waals surface area contributed by atoms with Crippen LogP contribution in [0.1, 0.15) is 11.7 Å². The first-order valence-electron chi connectivity index (χ1n) is 7.24. The first-order chi connectivity index (χ1) is 12.2. The SMILES string of the molecule is COc1ccc(C(O)CN(C)N)c(OC)c1OC.O=C(O)/C=C/C(=O)O. The Morgan fingerprint density at radius 3 is 1.92 bits per heavy atom. The van der Waals surface area contributed by atoms with E-state index in [0.29, 0.717) is 35.0 Å². The van der Waals surface area contributed by atoms with E-state index >= 15 is 0 Å². The number of hydrogen-bond acceptors (Lipinski definition) is 8. The molecule has 10 nitrogen and oxygen atoms in total. The van der Waals surface area contributed by atoms with Crippen LogP contribution in [0.5, 0.6) is 17.2 Å². The number of ether oxygens (including phenoxy) is 3. The Labute approximate surface area is 151 Å². The molecule has 1 rings (SSSR count). The van der Waals surface area contributed by atoms with Gasteiger partial charge in [-0.05, 0) is 12.1 Å². The molecular formula is C16H24N2O8. The van der Waals surface area contributed by atoms with Crippen molar-refractivity contribution in [2.45, 2.75) is 6.10 Å². The van der Waals surface area contributed by atoms with Crippen LogP contribution in [0.15, 0.2) is 24.3 Å². The molecule has 146 valence electrons. The van der Waals surface area contributed by atoms with Crippen LogP contribution in [-0.2, 0) is 9.59 Å². The third kappa shape index (κ3) is 7.83. The highest BCUT2D eigenvalue weighted by Crippen LogP contribution is 2.41. The summed E-state index contributed by atoms with van der Waals surface area (Å²) in [6.07, 6.45) is 0.347. The Balaban J connectivity index is 0.000000660. The van der Waals surface area contributed by atoms with Crippen molar-refractivity contribution in [3.63, 3.8) is 0 Å². The van der Waals surface area contributed by atoms with Crippen LogP contribution >= 0.6 is 0 Å². The Morgan fingerprint density at radius 2 is 1.58 bits per heavy atom. The molecule has 0 heterocycles. The van der Waals surface area contributed by atoms with Crippen LogP contribution in [0.3, 0.4) is 0 Å². The summed E-state index contributed by atoms with van der Waals surface area (Å²) < 4.78 is 15.7. The third-order valence-electron chi connectivity index (χ3n) is 2.92. The van der Waals surface area contributed by atoms with Crippen LogP contribution in [0, 0.1) is 0 Å². The van der Waals surface area contributed by atoms with Crippen molar-refractivity contribution in [3.05, 3.63) is 29.8 Å². The molecule has 0 fully saturated rings. The highest BCUT2D eigenvalue weighted by molar-refractivity contribution is 5.89. The zero-order valence-electron chi connectivity index (χ0n) is 15.0. The molecule has 0 aliphatic heterocycles. The molecule has 0 radical (unpaired) electrons. The zero-order valence-corrected chi connectivity index (χ0v) is 15.0. The number of carboxylic acids is 2. The summed E-state index contributed by atoms with van der Waals surface area (Å²) >= 11 is 0. The largest absolute Gasteiger partial charge is 0.493 e. The average Bonchev–Trinajstić information content (AvgIpc) is 2.58. The molecule has 0 saturated carbocycles. The third-order valence-corrected chi connectivity index (χ3v) is 2.92. The number of carbonyl (C=O) groups is 2. The van der Waals surface area contributed by atoms with E-state index < -0.39 is 18.0 Å². The molecule has 1 atom stereocenters. The second-order valence-electron chi connectivity index (χ2n) is 4.89. The summed E-state index contributed by atoms with van der Waals surface area (Å²) in [5, 5.41) is 27.1. The number of nitrogens with zero attached hydrogens (tertiary/aromatic N) is 1. The lowest BCUT2D eigenvalue weighted by atomic mass is 10.1. The lowest BCUT2D eigenvalue weighted by Gasteiger charge is -2.20. The van der Waals surface area contributed by atoms with Crippen molar-refractivity contribution < 1.29 is 39.1 Å². The number of carboxylic acid groups (broad SMARTS) is 2. The molecule has 0 aromatic heterocycles. The number of nitrogens with two attached hydrogens (primary N) is 1. The Hall–Kier alpha value is -2.82. The number of hydrazine groups is 1. The average molecular weight is 372 g/mol. The van der Waals surface area contributed by atoms with Crippen molar-refractivity contribution in [1.29, 1.82) is 0 Å². The summed E-state index contributed by atoms with van der Waals surface area (Å²) in [7, 11) is 6.25. The smallest absolute Gasteiger partial charge is 0.328 e. The van der Waals surface area contributed by atoms with Crippen molar-refractivity contribution >= 4 is 11.9 Å². The number of aliphatic hydroxyl groups is 1. The van der Waals surface area contributed by atoms with Gasteiger partial charge in [0.2, 0.25) is 5.75 Å². The lowest BCUT2D eigenvalue weighted by Crippen LogP contribution is -2.30.